The first-order valence-electron chi connectivity index (χ1n) is 8.10. The van der Waals surface area contributed by atoms with Gasteiger partial charge in [0, 0.05) is 30.3 Å². The Morgan fingerprint density at radius 2 is 1.95 bits per heavy atom. The van der Waals surface area contributed by atoms with Gasteiger partial charge in [-0.25, -0.2) is 9.97 Å². The predicted octanol–water partition coefficient (Wildman–Crippen LogP) is 2.14. The monoisotopic (exact) mass is 287 g/mol. The number of carboxylic acid groups (broad SMARTS) is 1. The van der Waals surface area contributed by atoms with E-state index in [1.165, 1.54) is 36.9 Å². The van der Waals surface area contributed by atoms with E-state index >= 15 is 0 Å². The molecule has 4 rings (SSSR count). The number of anilines is 1. The Kier molecular flexibility index (Phi) is 3.08. The Labute approximate surface area is 124 Å². The highest BCUT2D eigenvalue weighted by Gasteiger charge is 2.34. The molecule has 0 amide bonds. The van der Waals surface area contributed by atoms with Crippen LogP contribution in [0.4, 0.5) is 5.82 Å². The summed E-state index contributed by atoms with van der Waals surface area (Å²) in [4.78, 5) is 23.0. The van der Waals surface area contributed by atoms with E-state index in [4.69, 9.17) is 9.97 Å². The Balaban J connectivity index is 1.69. The van der Waals surface area contributed by atoms with Gasteiger partial charge in [-0.15, -0.1) is 0 Å². The lowest BCUT2D eigenvalue weighted by atomic mass is 9.96. The molecule has 5 nitrogen and oxygen atoms in total. The Bertz CT molecular complexity index is 583. The van der Waals surface area contributed by atoms with Gasteiger partial charge in [-0.05, 0) is 44.9 Å². The maximum absolute atomic E-state index is 11.2. The average Bonchev–Trinajstić information content (AvgIpc) is 3.23. The number of aliphatic carboxylic acids is 1. The second-order valence-corrected chi connectivity index (χ2v) is 6.58. The highest BCUT2D eigenvalue weighted by atomic mass is 16.4. The largest absolute Gasteiger partial charge is 0.481 e. The molecule has 1 saturated heterocycles. The summed E-state index contributed by atoms with van der Waals surface area (Å²) in [6.07, 6.45) is 7.65. The number of nitrogens with zero attached hydrogens (tertiary/aromatic N) is 3. The van der Waals surface area contributed by atoms with Crippen molar-refractivity contribution >= 4 is 11.8 Å². The van der Waals surface area contributed by atoms with Crippen LogP contribution < -0.4 is 4.90 Å². The van der Waals surface area contributed by atoms with Crippen molar-refractivity contribution in [2.45, 2.75) is 50.9 Å². The van der Waals surface area contributed by atoms with Gasteiger partial charge in [-0.3, -0.25) is 4.79 Å². The topological polar surface area (TPSA) is 66.3 Å². The molecule has 0 radical (unpaired) electrons. The molecule has 1 aromatic rings. The van der Waals surface area contributed by atoms with E-state index in [1.54, 1.807) is 0 Å². The maximum atomic E-state index is 11.2. The fraction of sp³-hybridized carbons (Fsp3) is 0.688. The van der Waals surface area contributed by atoms with Gasteiger partial charge in [-0.2, -0.15) is 0 Å². The Morgan fingerprint density at radius 1 is 1.14 bits per heavy atom. The fourth-order valence-electron chi connectivity index (χ4n) is 3.53. The Morgan fingerprint density at radius 3 is 2.67 bits per heavy atom. The van der Waals surface area contributed by atoms with Crippen molar-refractivity contribution in [1.82, 2.24) is 9.97 Å². The number of rotatable bonds is 3. The summed E-state index contributed by atoms with van der Waals surface area (Å²) < 4.78 is 0. The normalized spacial score (nSPS) is 25.0. The van der Waals surface area contributed by atoms with Gasteiger partial charge in [0.1, 0.15) is 11.6 Å². The van der Waals surface area contributed by atoms with Crippen LogP contribution >= 0.6 is 0 Å². The SMILES string of the molecule is O=C(O)[C@H]1CCN(c2nc(C3CC3)nc3c2CCCC3)C1. The second kappa shape index (κ2) is 4.97. The lowest BCUT2D eigenvalue weighted by Crippen LogP contribution is -2.26. The number of fused-ring (bicyclic) bond motifs is 1. The quantitative estimate of drug-likeness (QED) is 0.922. The highest BCUT2D eigenvalue weighted by molar-refractivity contribution is 5.72. The minimum Gasteiger partial charge on any atom is -0.481 e. The molecule has 2 heterocycles. The number of hydrogen-bond donors (Lipinski definition) is 1. The summed E-state index contributed by atoms with van der Waals surface area (Å²) >= 11 is 0. The standard InChI is InChI=1S/C16H21N3O2/c20-16(21)11-7-8-19(9-11)15-12-3-1-2-4-13(12)17-14(18-15)10-5-6-10/h10-11H,1-9H2,(H,20,21)/t11-/m0/s1. The van der Waals surface area contributed by atoms with Crippen LogP contribution in [0.15, 0.2) is 0 Å². The third-order valence-corrected chi connectivity index (χ3v) is 4.96. The van der Waals surface area contributed by atoms with Gasteiger partial charge in [0.15, 0.2) is 0 Å². The van der Waals surface area contributed by atoms with Gasteiger partial charge in [0.05, 0.1) is 5.92 Å². The van der Waals surface area contributed by atoms with Crippen LogP contribution in [0.25, 0.3) is 0 Å². The van der Waals surface area contributed by atoms with Crippen molar-refractivity contribution in [1.29, 1.82) is 0 Å². The summed E-state index contributed by atoms with van der Waals surface area (Å²) in [7, 11) is 0. The lowest BCUT2D eigenvalue weighted by molar-refractivity contribution is -0.140. The molecule has 1 N–H and O–H groups in total. The van der Waals surface area contributed by atoms with Crippen LogP contribution in [0.5, 0.6) is 0 Å². The van der Waals surface area contributed by atoms with Gasteiger partial charge >= 0.3 is 5.97 Å². The van der Waals surface area contributed by atoms with Gasteiger partial charge in [-0.1, -0.05) is 0 Å². The van der Waals surface area contributed by atoms with Gasteiger partial charge < -0.3 is 10.0 Å². The van der Waals surface area contributed by atoms with Crippen molar-refractivity contribution in [3.8, 4) is 0 Å². The summed E-state index contributed by atoms with van der Waals surface area (Å²) in [5.74, 6) is 1.68. The molecule has 0 aromatic carbocycles. The van der Waals surface area contributed by atoms with Crippen molar-refractivity contribution in [3.05, 3.63) is 17.1 Å². The first-order chi connectivity index (χ1) is 10.2. The first kappa shape index (κ1) is 13.0. The zero-order valence-corrected chi connectivity index (χ0v) is 12.2. The molecule has 21 heavy (non-hydrogen) atoms. The second-order valence-electron chi connectivity index (χ2n) is 6.58. The average molecular weight is 287 g/mol. The molecule has 1 atom stereocenters. The zero-order chi connectivity index (χ0) is 14.4. The predicted molar refractivity (Wildman–Crippen MR) is 78.6 cm³/mol. The molecule has 0 spiro atoms. The first-order valence-corrected chi connectivity index (χ1v) is 8.10. The number of hydrogen-bond acceptors (Lipinski definition) is 4. The number of aromatic nitrogens is 2. The molecule has 1 aromatic heterocycles. The number of carbonyl (C=O) groups is 1. The van der Waals surface area contributed by atoms with Crippen molar-refractivity contribution in [2.75, 3.05) is 18.0 Å². The van der Waals surface area contributed by atoms with E-state index in [2.05, 4.69) is 4.90 Å². The number of carboxylic acids is 1. The van der Waals surface area contributed by atoms with Crippen LogP contribution in [0.1, 0.15) is 55.1 Å². The van der Waals surface area contributed by atoms with Crippen LogP contribution in [0.3, 0.4) is 0 Å². The highest BCUT2D eigenvalue weighted by Crippen LogP contribution is 2.40. The molecule has 2 aliphatic carbocycles. The molecule has 1 aliphatic heterocycles. The van der Waals surface area contributed by atoms with Gasteiger partial charge in [0.25, 0.3) is 0 Å². The summed E-state index contributed by atoms with van der Waals surface area (Å²) in [5, 5.41) is 9.21. The molecule has 2 fully saturated rings. The summed E-state index contributed by atoms with van der Waals surface area (Å²) in [6.45, 7) is 1.41. The minimum absolute atomic E-state index is 0.247. The molecule has 0 bridgehead atoms. The van der Waals surface area contributed by atoms with Crippen LogP contribution in [-0.4, -0.2) is 34.1 Å². The van der Waals surface area contributed by atoms with E-state index < -0.39 is 5.97 Å². The van der Waals surface area contributed by atoms with Crippen molar-refractivity contribution in [2.24, 2.45) is 5.92 Å². The minimum atomic E-state index is -0.678. The summed E-state index contributed by atoms with van der Waals surface area (Å²) in [6, 6.07) is 0. The van der Waals surface area contributed by atoms with E-state index in [-0.39, 0.29) is 5.92 Å². The van der Waals surface area contributed by atoms with Gasteiger partial charge in [0.2, 0.25) is 0 Å². The molecular formula is C16H21N3O2. The molecule has 3 aliphatic rings. The fourth-order valence-corrected chi connectivity index (χ4v) is 3.53. The smallest absolute Gasteiger partial charge is 0.308 e. The molecule has 5 heteroatoms. The lowest BCUT2D eigenvalue weighted by Gasteiger charge is -2.25. The Hall–Kier alpha value is -1.65. The van der Waals surface area contributed by atoms with E-state index in [0.717, 1.165) is 37.4 Å². The van der Waals surface area contributed by atoms with Crippen molar-refractivity contribution < 1.29 is 9.90 Å². The third kappa shape index (κ3) is 2.39. The van der Waals surface area contributed by atoms with E-state index in [9.17, 15) is 9.90 Å². The van der Waals surface area contributed by atoms with Crippen LogP contribution in [-0.2, 0) is 17.6 Å². The number of aryl methyl sites for hydroxylation is 1. The van der Waals surface area contributed by atoms with Crippen molar-refractivity contribution in [3.63, 3.8) is 0 Å². The molecule has 0 unspecified atom stereocenters. The zero-order valence-electron chi connectivity index (χ0n) is 12.2. The third-order valence-electron chi connectivity index (χ3n) is 4.96. The molecule has 1 saturated carbocycles. The van der Waals surface area contributed by atoms with E-state index in [0.29, 0.717) is 12.5 Å². The summed E-state index contributed by atoms with van der Waals surface area (Å²) in [5.41, 5.74) is 2.52. The molecule has 112 valence electrons. The van der Waals surface area contributed by atoms with Crippen LogP contribution in [0.2, 0.25) is 0 Å². The molecular weight excluding hydrogens is 266 g/mol. The maximum Gasteiger partial charge on any atom is 0.308 e. The van der Waals surface area contributed by atoms with Crippen LogP contribution in [0, 0.1) is 5.92 Å². The van der Waals surface area contributed by atoms with E-state index in [1.807, 2.05) is 0 Å².